The standard InChI is InChI=1S/C14H12ClNO4S/c1-7-4-10(5-8(2)13(7)15)20-14-11(16(18)19)6-12(21-14)9(3)17/h4-6H,1-3H3. The van der Waals surface area contributed by atoms with Gasteiger partial charge < -0.3 is 4.74 Å². The normalized spacial score (nSPS) is 10.5. The lowest BCUT2D eigenvalue weighted by molar-refractivity contribution is -0.385. The van der Waals surface area contributed by atoms with Crippen LogP contribution in [0.3, 0.4) is 0 Å². The van der Waals surface area contributed by atoms with Crippen LogP contribution < -0.4 is 4.74 Å². The number of ether oxygens (including phenoxy) is 1. The molecule has 1 aromatic heterocycles. The Morgan fingerprint density at radius 1 is 1.29 bits per heavy atom. The van der Waals surface area contributed by atoms with Gasteiger partial charge in [0.1, 0.15) is 5.75 Å². The van der Waals surface area contributed by atoms with Crippen LogP contribution in [0.1, 0.15) is 27.7 Å². The molecule has 110 valence electrons. The third-order valence-electron chi connectivity index (χ3n) is 2.84. The quantitative estimate of drug-likeness (QED) is 0.454. The van der Waals surface area contributed by atoms with Crippen molar-refractivity contribution in [2.75, 3.05) is 0 Å². The van der Waals surface area contributed by atoms with Crippen LogP contribution in [0.4, 0.5) is 5.69 Å². The van der Waals surface area contributed by atoms with Gasteiger partial charge in [0.05, 0.1) is 9.80 Å². The molecule has 0 aliphatic heterocycles. The zero-order valence-electron chi connectivity index (χ0n) is 11.6. The first-order valence-corrected chi connectivity index (χ1v) is 7.22. The largest absolute Gasteiger partial charge is 0.440 e. The highest BCUT2D eigenvalue weighted by molar-refractivity contribution is 7.16. The Bertz CT molecular complexity index is 716. The van der Waals surface area contributed by atoms with Gasteiger partial charge in [0.15, 0.2) is 5.78 Å². The maximum Gasteiger partial charge on any atom is 0.323 e. The second-order valence-corrected chi connectivity index (χ2v) is 5.96. The van der Waals surface area contributed by atoms with Crippen molar-refractivity contribution in [3.63, 3.8) is 0 Å². The summed E-state index contributed by atoms with van der Waals surface area (Å²) in [5.41, 5.74) is 1.42. The number of aryl methyl sites for hydroxylation is 2. The molecule has 1 aromatic carbocycles. The highest BCUT2D eigenvalue weighted by Gasteiger charge is 2.23. The van der Waals surface area contributed by atoms with Gasteiger partial charge in [0.25, 0.3) is 5.06 Å². The first-order valence-electron chi connectivity index (χ1n) is 6.03. The van der Waals surface area contributed by atoms with Gasteiger partial charge in [0, 0.05) is 11.1 Å². The number of thiophene rings is 1. The average Bonchev–Trinajstić information content (AvgIpc) is 2.80. The van der Waals surface area contributed by atoms with E-state index < -0.39 is 4.92 Å². The van der Waals surface area contributed by atoms with Gasteiger partial charge in [-0.25, -0.2) is 0 Å². The molecule has 0 saturated heterocycles. The van der Waals surface area contributed by atoms with Crippen molar-refractivity contribution in [2.45, 2.75) is 20.8 Å². The number of nitrogens with zero attached hydrogens (tertiary/aromatic N) is 1. The molecule has 21 heavy (non-hydrogen) atoms. The molecule has 0 saturated carbocycles. The number of rotatable bonds is 4. The van der Waals surface area contributed by atoms with E-state index in [1.54, 1.807) is 12.1 Å². The van der Waals surface area contributed by atoms with Crippen LogP contribution in [0.5, 0.6) is 10.8 Å². The van der Waals surface area contributed by atoms with Crippen molar-refractivity contribution in [1.82, 2.24) is 0 Å². The first-order chi connectivity index (χ1) is 9.79. The molecule has 0 aliphatic rings. The minimum Gasteiger partial charge on any atom is -0.440 e. The van der Waals surface area contributed by atoms with E-state index in [2.05, 4.69) is 0 Å². The van der Waals surface area contributed by atoms with Gasteiger partial charge in [-0.05, 0) is 44.0 Å². The summed E-state index contributed by atoms with van der Waals surface area (Å²) in [4.78, 5) is 22.1. The summed E-state index contributed by atoms with van der Waals surface area (Å²) < 4.78 is 5.58. The van der Waals surface area contributed by atoms with E-state index in [-0.39, 0.29) is 16.5 Å². The second-order valence-electron chi connectivity index (χ2n) is 4.57. The van der Waals surface area contributed by atoms with Crippen molar-refractivity contribution in [3.05, 3.63) is 49.3 Å². The molecule has 0 atom stereocenters. The van der Waals surface area contributed by atoms with Crippen LogP contribution in [-0.4, -0.2) is 10.7 Å². The topological polar surface area (TPSA) is 69.4 Å². The zero-order valence-corrected chi connectivity index (χ0v) is 13.2. The lowest BCUT2D eigenvalue weighted by Crippen LogP contribution is -1.91. The molecule has 7 heteroatoms. The number of hydrogen-bond acceptors (Lipinski definition) is 5. The summed E-state index contributed by atoms with van der Waals surface area (Å²) in [6.45, 7) is 5.01. The lowest BCUT2D eigenvalue weighted by Gasteiger charge is -2.07. The number of ketones is 1. The minimum atomic E-state index is -0.562. The number of benzene rings is 1. The molecule has 5 nitrogen and oxygen atoms in total. The van der Waals surface area contributed by atoms with Gasteiger partial charge >= 0.3 is 5.69 Å². The van der Waals surface area contributed by atoms with Crippen LogP contribution in [0.25, 0.3) is 0 Å². The number of Topliss-reactive ketones (excluding diaryl/α,β-unsaturated/α-hetero) is 1. The molecule has 1 heterocycles. The molecule has 2 rings (SSSR count). The van der Waals surface area contributed by atoms with E-state index in [0.717, 1.165) is 22.5 Å². The van der Waals surface area contributed by atoms with E-state index in [4.69, 9.17) is 16.3 Å². The van der Waals surface area contributed by atoms with Crippen molar-refractivity contribution >= 4 is 34.4 Å². The molecular formula is C14H12ClNO4S. The summed E-state index contributed by atoms with van der Waals surface area (Å²) >= 11 is 7.03. The molecular weight excluding hydrogens is 314 g/mol. The van der Waals surface area contributed by atoms with Crippen molar-refractivity contribution in [3.8, 4) is 10.8 Å². The molecule has 2 aromatic rings. The van der Waals surface area contributed by atoms with Crippen LogP contribution in [0.15, 0.2) is 18.2 Å². The predicted octanol–water partition coefficient (Wildman–Crippen LogP) is 4.92. The Balaban J connectivity index is 2.43. The van der Waals surface area contributed by atoms with E-state index >= 15 is 0 Å². The number of carbonyl (C=O) groups excluding carboxylic acids is 1. The smallest absolute Gasteiger partial charge is 0.323 e. The van der Waals surface area contributed by atoms with Gasteiger partial charge in [-0.1, -0.05) is 22.9 Å². The van der Waals surface area contributed by atoms with Crippen molar-refractivity contribution in [2.24, 2.45) is 0 Å². The predicted molar refractivity (Wildman–Crippen MR) is 82.0 cm³/mol. The summed E-state index contributed by atoms with van der Waals surface area (Å²) in [6.07, 6.45) is 0. The SMILES string of the molecule is CC(=O)c1cc([N+](=O)[O-])c(Oc2cc(C)c(Cl)c(C)c2)s1. The van der Waals surface area contributed by atoms with E-state index in [0.29, 0.717) is 15.6 Å². The fourth-order valence-electron chi connectivity index (χ4n) is 1.81. The molecule has 0 radical (unpaired) electrons. The highest BCUT2D eigenvalue weighted by Crippen LogP contribution is 2.40. The highest BCUT2D eigenvalue weighted by atomic mass is 35.5. The van der Waals surface area contributed by atoms with Crippen molar-refractivity contribution < 1.29 is 14.5 Å². The van der Waals surface area contributed by atoms with E-state index in [9.17, 15) is 14.9 Å². The molecule has 0 unspecified atom stereocenters. The summed E-state index contributed by atoms with van der Waals surface area (Å²) in [7, 11) is 0. The third kappa shape index (κ3) is 3.22. The molecule has 0 fully saturated rings. The number of carbonyl (C=O) groups is 1. The maximum atomic E-state index is 11.4. The molecule has 0 spiro atoms. The van der Waals surface area contributed by atoms with Crippen LogP contribution in [0.2, 0.25) is 5.02 Å². The monoisotopic (exact) mass is 325 g/mol. The summed E-state index contributed by atoms with van der Waals surface area (Å²) in [5.74, 6) is 0.218. The van der Waals surface area contributed by atoms with Gasteiger partial charge in [-0.2, -0.15) is 0 Å². The first kappa shape index (κ1) is 15.5. The van der Waals surface area contributed by atoms with Gasteiger partial charge in [-0.3, -0.25) is 14.9 Å². The van der Waals surface area contributed by atoms with Gasteiger partial charge in [0.2, 0.25) is 0 Å². The van der Waals surface area contributed by atoms with Gasteiger partial charge in [-0.15, -0.1) is 0 Å². The molecule has 0 aliphatic carbocycles. The summed E-state index contributed by atoms with van der Waals surface area (Å²) in [5, 5.41) is 11.8. The molecule has 0 amide bonds. The van der Waals surface area contributed by atoms with Crippen LogP contribution in [0, 0.1) is 24.0 Å². The van der Waals surface area contributed by atoms with E-state index in [1.165, 1.54) is 13.0 Å². The Labute approximate surface area is 130 Å². The average molecular weight is 326 g/mol. The number of hydrogen-bond donors (Lipinski definition) is 0. The Kier molecular flexibility index (Phi) is 4.29. The number of halogens is 1. The Hall–Kier alpha value is -1.92. The Morgan fingerprint density at radius 3 is 2.33 bits per heavy atom. The fourth-order valence-corrected chi connectivity index (χ4v) is 2.81. The van der Waals surface area contributed by atoms with Crippen LogP contribution in [-0.2, 0) is 0 Å². The zero-order chi connectivity index (χ0) is 15.7. The summed E-state index contributed by atoms with van der Waals surface area (Å²) in [6, 6.07) is 4.64. The molecule has 0 N–H and O–H groups in total. The third-order valence-corrected chi connectivity index (χ3v) is 4.54. The Morgan fingerprint density at radius 2 is 1.86 bits per heavy atom. The second kappa shape index (κ2) is 5.83. The molecule has 0 bridgehead atoms. The van der Waals surface area contributed by atoms with Crippen molar-refractivity contribution in [1.29, 1.82) is 0 Å². The lowest BCUT2D eigenvalue weighted by atomic mass is 10.1. The fraction of sp³-hybridized carbons (Fsp3) is 0.214. The number of nitro groups is 1. The minimum absolute atomic E-state index is 0.0892. The maximum absolute atomic E-state index is 11.4. The van der Waals surface area contributed by atoms with Crippen LogP contribution >= 0.6 is 22.9 Å². The van der Waals surface area contributed by atoms with E-state index in [1.807, 2.05) is 13.8 Å².